The van der Waals surface area contributed by atoms with E-state index in [9.17, 15) is 0 Å². The molecule has 0 fully saturated rings. The molecule has 0 aromatic rings. The van der Waals surface area contributed by atoms with Crippen LogP contribution in [-0.4, -0.2) is 114 Å². The number of hydrogen-bond acceptors (Lipinski definition) is 1. The third kappa shape index (κ3) is 53.5. The van der Waals surface area contributed by atoms with Crippen molar-refractivity contribution in [2.24, 2.45) is 0 Å². The number of hydrogen-bond donors (Lipinski definition) is 2. The molecular formula is CH7Ba2ClO3. The van der Waals surface area contributed by atoms with Gasteiger partial charge in [-0.1, -0.05) is 0 Å². The molecule has 0 heterocycles. The fourth-order valence-corrected chi connectivity index (χ4v) is 0. The molecule has 0 aliphatic carbocycles. The summed E-state index contributed by atoms with van der Waals surface area (Å²) in [6, 6.07) is 0. The van der Waals surface area contributed by atoms with Crippen molar-refractivity contribution in [3.63, 3.8) is 0 Å². The van der Waals surface area contributed by atoms with E-state index >= 15 is 0 Å². The summed E-state index contributed by atoms with van der Waals surface area (Å²) in [6.45, 7) is 0. The molecule has 0 aromatic heterocycles. The first-order valence-corrected chi connectivity index (χ1v) is 0.651. The van der Waals surface area contributed by atoms with E-state index in [1.54, 1.807) is 0 Å². The van der Waals surface area contributed by atoms with Crippen LogP contribution in [0.3, 0.4) is 0 Å². The van der Waals surface area contributed by atoms with Crippen molar-refractivity contribution in [3.8, 4) is 0 Å². The van der Waals surface area contributed by atoms with Gasteiger partial charge >= 0.3 is 104 Å². The minimum absolute atomic E-state index is 0. The summed E-state index contributed by atoms with van der Waals surface area (Å²) in [5.41, 5.74) is 0. The molecule has 0 saturated carbocycles. The molecule has 0 aliphatic heterocycles. The van der Waals surface area contributed by atoms with E-state index in [0.29, 0.717) is 0 Å². The standard InChI is InChI=1S/CH2O3.2Ba.ClH.4H/c2-1(3)4;;;;;;;/h(H2,2,3,4);;;1H;;;;. The summed E-state index contributed by atoms with van der Waals surface area (Å²) < 4.78 is 0. The first-order chi connectivity index (χ1) is 1.73. The van der Waals surface area contributed by atoms with E-state index in [4.69, 9.17) is 15.0 Å². The van der Waals surface area contributed by atoms with Crippen LogP contribution in [0.15, 0.2) is 0 Å². The summed E-state index contributed by atoms with van der Waals surface area (Å²) in [5, 5.41) is 13.9. The Balaban J connectivity index is -0.0000000150. The van der Waals surface area contributed by atoms with Gasteiger partial charge in [-0.25, -0.2) is 4.79 Å². The normalized spacial score (nSPS) is 3.43. The molecule has 0 aromatic carbocycles. The van der Waals surface area contributed by atoms with Gasteiger partial charge in [0.15, 0.2) is 0 Å². The zero-order valence-corrected chi connectivity index (χ0v) is 3.03. The van der Waals surface area contributed by atoms with Crippen LogP contribution in [0.25, 0.3) is 0 Å². The SMILES string of the molecule is Cl.O=C(O)O.[BaH2].[BaH2]. The molecule has 0 rings (SSSR count). The van der Waals surface area contributed by atoms with Crippen LogP contribution in [0.2, 0.25) is 0 Å². The summed E-state index contributed by atoms with van der Waals surface area (Å²) >= 11 is 0. The van der Waals surface area contributed by atoms with E-state index in [2.05, 4.69) is 0 Å². The fourth-order valence-electron chi connectivity index (χ4n) is 0. The van der Waals surface area contributed by atoms with E-state index in [1.165, 1.54) is 0 Å². The number of carboxylic acid groups (broad SMARTS) is 2. The molecule has 0 bridgehead atoms. The topological polar surface area (TPSA) is 57.5 Å². The van der Waals surface area contributed by atoms with Gasteiger partial charge in [-0.2, -0.15) is 0 Å². The van der Waals surface area contributed by atoms with Crippen molar-refractivity contribution in [2.75, 3.05) is 0 Å². The summed E-state index contributed by atoms with van der Waals surface area (Å²) in [4.78, 5) is 8.56. The monoisotopic (exact) mass is 378 g/mol. The minimum atomic E-state index is -1.83. The Morgan fingerprint density at radius 1 is 1.14 bits per heavy atom. The van der Waals surface area contributed by atoms with E-state index in [1.807, 2.05) is 0 Å². The van der Waals surface area contributed by atoms with Crippen molar-refractivity contribution in [2.45, 2.75) is 0 Å². The second kappa shape index (κ2) is 15.9. The number of halogens is 1. The van der Waals surface area contributed by atoms with Gasteiger partial charge < -0.3 is 10.2 Å². The van der Waals surface area contributed by atoms with Gasteiger partial charge in [-0.05, 0) is 0 Å². The molecule has 0 saturated heterocycles. The molecule has 0 aliphatic rings. The van der Waals surface area contributed by atoms with Crippen molar-refractivity contribution in [1.82, 2.24) is 0 Å². The second-order valence-corrected chi connectivity index (χ2v) is 0.283. The van der Waals surface area contributed by atoms with Crippen LogP contribution < -0.4 is 0 Å². The number of rotatable bonds is 0. The maximum absolute atomic E-state index is 8.56. The van der Waals surface area contributed by atoms with Crippen LogP contribution in [0.1, 0.15) is 0 Å². The van der Waals surface area contributed by atoms with Crippen molar-refractivity contribution < 1.29 is 15.0 Å². The second-order valence-electron chi connectivity index (χ2n) is 0.283. The van der Waals surface area contributed by atoms with Gasteiger partial charge in [-0.15, -0.1) is 12.4 Å². The van der Waals surface area contributed by atoms with Gasteiger partial charge in [-0.3, -0.25) is 0 Å². The zero-order valence-electron chi connectivity index (χ0n) is 2.21. The number of carbonyl (C=O) groups is 1. The average molecular weight is 377 g/mol. The summed E-state index contributed by atoms with van der Waals surface area (Å²) in [5.74, 6) is 0. The average Bonchev–Trinajstić information content (AvgIpc) is 0.811. The Kier molecular flexibility index (Phi) is 51.3. The van der Waals surface area contributed by atoms with Crippen LogP contribution >= 0.6 is 12.4 Å². The zero-order chi connectivity index (χ0) is 3.58. The molecule has 2 N–H and O–H groups in total. The molecule has 0 amide bonds. The Hall–Kier alpha value is 2.70. The molecule has 0 radical (unpaired) electrons. The van der Waals surface area contributed by atoms with Gasteiger partial charge in [0.1, 0.15) is 0 Å². The molecule has 7 heavy (non-hydrogen) atoms. The Bertz CT molecular complexity index is 35.9. The summed E-state index contributed by atoms with van der Waals surface area (Å²) in [6.07, 6.45) is -1.83. The van der Waals surface area contributed by atoms with Crippen LogP contribution in [0.4, 0.5) is 4.79 Å². The van der Waals surface area contributed by atoms with Gasteiger partial charge in [0.2, 0.25) is 0 Å². The van der Waals surface area contributed by atoms with Crippen molar-refractivity contribution in [3.05, 3.63) is 0 Å². The van der Waals surface area contributed by atoms with Crippen LogP contribution in [-0.2, 0) is 0 Å². The Morgan fingerprint density at radius 3 is 1.14 bits per heavy atom. The summed E-state index contributed by atoms with van der Waals surface area (Å²) in [7, 11) is 0. The molecule has 40 valence electrons. The van der Waals surface area contributed by atoms with E-state index < -0.39 is 6.16 Å². The van der Waals surface area contributed by atoms with Gasteiger partial charge in [0.05, 0.1) is 0 Å². The Morgan fingerprint density at radius 2 is 1.14 bits per heavy atom. The van der Waals surface area contributed by atoms with Crippen LogP contribution in [0.5, 0.6) is 0 Å². The molecule has 0 atom stereocenters. The van der Waals surface area contributed by atoms with E-state index in [0.717, 1.165) is 0 Å². The molecule has 0 spiro atoms. The predicted molar refractivity (Wildman–Crippen MR) is 35.0 cm³/mol. The van der Waals surface area contributed by atoms with Crippen molar-refractivity contribution in [1.29, 1.82) is 0 Å². The first kappa shape index (κ1) is 22.6. The van der Waals surface area contributed by atoms with Crippen molar-refractivity contribution >= 4 is 116 Å². The van der Waals surface area contributed by atoms with Gasteiger partial charge in [0.25, 0.3) is 0 Å². The van der Waals surface area contributed by atoms with E-state index in [-0.39, 0.29) is 110 Å². The van der Waals surface area contributed by atoms with Gasteiger partial charge in [0, 0.05) is 0 Å². The molecule has 6 heteroatoms. The Labute approximate surface area is 128 Å². The molecular weight excluding hydrogens is 370 g/mol. The third-order valence-electron chi connectivity index (χ3n) is 0. The fraction of sp³-hybridized carbons (Fsp3) is 0. The molecule has 3 nitrogen and oxygen atoms in total. The first-order valence-electron chi connectivity index (χ1n) is 0.651. The maximum atomic E-state index is 8.56. The quantitative estimate of drug-likeness (QED) is 0.523. The molecule has 0 unspecified atom stereocenters. The third-order valence-corrected chi connectivity index (χ3v) is 0. The predicted octanol–water partition coefficient (Wildman–Crippen LogP) is -1.19. The van der Waals surface area contributed by atoms with Crippen LogP contribution in [0, 0.1) is 0 Å².